The molecule has 4 rings (SSSR count). The number of piperazine rings is 1. The molecule has 2 aliphatic rings. The Bertz CT molecular complexity index is 914. The van der Waals surface area contributed by atoms with Gasteiger partial charge in [-0.25, -0.2) is 4.68 Å². The second-order valence-electron chi connectivity index (χ2n) is 7.33. The van der Waals surface area contributed by atoms with Gasteiger partial charge in [0.1, 0.15) is 6.54 Å². The highest BCUT2D eigenvalue weighted by Crippen LogP contribution is 2.38. The van der Waals surface area contributed by atoms with Crippen molar-refractivity contribution in [1.82, 2.24) is 14.7 Å². The predicted molar refractivity (Wildman–Crippen MR) is 105 cm³/mol. The maximum absolute atomic E-state index is 12.7. The van der Waals surface area contributed by atoms with Gasteiger partial charge in [-0.3, -0.25) is 9.59 Å². The van der Waals surface area contributed by atoms with Crippen molar-refractivity contribution in [3.05, 3.63) is 57.0 Å². The van der Waals surface area contributed by atoms with E-state index in [9.17, 15) is 9.59 Å². The first-order chi connectivity index (χ1) is 13.0. The van der Waals surface area contributed by atoms with Crippen LogP contribution < -0.4 is 10.5 Å². The molecule has 27 heavy (non-hydrogen) atoms. The highest BCUT2D eigenvalue weighted by molar-refractivity contribution is 6.30. The van der Waals surface area contributed by atoms with E-state index in [1.807, 2.05) is 23.1 Å². The van der Waals surface area contributed by atoms with Crippen molar-refractivity contribution in [3.63, 3.8) is 0 Å². The lowest BCUT2D eigenvalue weighted by Gasteiger charge is -2.37. The highest BCUT2D eigenvalue weighted by Gasteiger charge is 2.27. The summed E-state index contributed by atoms with van der Waals surface area (Å²) in [6, 6.07) is 9.18. The third-order valence-corrected chi connectivity index (χ3v) is 5.55. The zero-order valence-electron chi connectivity index (χ0n) is 15.4. The van der Waals surface area contributed by atoms with Gasteiger partial charge in [0.15, 0.2) is 0 Å². The van der Waals surface area contributed by atoms with Crippen LogP contribution in [0.4, 0.5) is 5.69 Å². The van der Waals surface area contributed by atoms with Gasteiger partial charge in [-0.15, -0.1) is 0 Å². The molecule has 0 spiro atoms. The zero-order chi connectivity index (χ0) is 19.0. The van der Waals surface area contributed by atoms with Crippen LogP contribution in [-0.4, -0.2) is 46.8 Å². The summed E-state index contributed by atoms with van der Waals surface area (Å²) >= 11 is 6.13. The van der Waals surface area contributed by atoms with Gasteiger partial charge in [-0.05, 0) is 43.5 Å². The average molecular weight is 387 g/mol. The van der Waals surface area contributed by atoms with Gasteiger partial charge in [-0.2, -0.15) is 5.10 Å². The van der Waals surface area contributed by atoms with E-state index in [2.05, 4.69) is 16.9 Å². The van der Waals surface area contributed by atoms with Gasteiger partial charge < -0.3 is 9.80 Å². The van der Waals surface area contributed by atoms with Crippen molar-refractivity contribution in [3.8, 4) is 0 Å². The molecule has 0 N–H and O–H groups in total. The van der Waals surface area contributed by atoms with Gasteiger partial charge in [-0.1, -0.05) is 17.7 Å². The third kappa shape index (κ3) is 4.00. The first-order valence-electron chi connectivity index (χ1n) is 9.38. The van der Waals surface area contributed by atoms with Crippen LogP contribution in [0.3, 0.4) is 0 Å². The summed E-state index contributed by atoms with van der Waals surface area (Å²) in [4.78, 5) is 28.8. The summed E-state index contributed by atoms with van der Waals surface area (Å²) < 4.78 is 1.31. The molecule has 0 unspecified atom stereocenters. The second-order valence-corrected chi connectivity index (χ2v) is 7.76. The molecule has 142 valence electrons. The maximum Gasteiger partial charge on any atom is 0.267 e. The number of aromatic nitrogens is 2. The van der Waals surface area contributed by atoms with E-state index in [0.29, 0.717) is 19.0 Å². The Morgan fingerprint density at radius 1 is 1.15 bits per heavy atom. The molecular formula is C20H23ClN4O2. The number of carbonyl (C=O) groups excluding carboxylic acids is 1. The quantitative estimate of drug-likeness (QED) is 0.809. The van der Waals surface area contributed by atoms with Crippen LogP contribution in [0.15, 0.2) is 35.1 Å². The van der Waals surface area contributed by atoms with E-state index in [1.54, 1.807) is 6.07 Å². The van der Waals surface area contributed by atoms with Crippen LogP contribution >= 0.6 is 11.6 Å². The van der Waals surface area contributed by atoms with Gasteiger partial charge in [0.25, 0.3) is 5.56 Å². The molecular weight excluding hydrogens is 364 g/mol. The second kappa shape index (κ2) is 7.35. The summed E-state index contributed by atoms with van der Waals surface area (Å²) in [5.41, 5.74) is 2.99. The van der Waals surface area contributed by atoms with Crippen molar-refractivity contribution in [2.45, 2.75) is 32.2 Å². The zero-order valence-corrected chi connectivity index (χ0v) is 16.2. The number of aryl methyl sites for hydroxylation is 1. The van der Waals surface area contributed by atoms with Gasteiger partial charge in [0, 0.05) is 48.9 Å². The van der Waals surface area contributed by atoms with Crippen LogP contribution in [0.5, 0.6) is 0 Å². The van der Waals surface area contributed by atoms with Gasteiger partial charge in [0.05, 0.1) is 5.69 Å². The fourth-order valence-corrected chi connectivity index (χ4v) is 3.69. The molecule has 2 heterocycles. The van der Waals surface area contributed by atoms with Crippen molar-refractivity contribution in [2.24, 2.45) is 0 Å². The van der Waals surface area contributed by atoms with E-state index >= 15 is 0 Å². The number of carbonyl (C=O) groups is 1. The standard InChI is InChI=1S/C20H23ClN4O2/c1-14-2-5-16(21)12-18(14)23-8-10-24(11-9-23)20(27)13-25-19(26)7-6-17(22-25)15-3-4-15/h2,5-7,12,15H,3-4,8-11,13H2,1H3. The Balaban J connectivity index is 1.39. The van der Waals surface area contributed by atoms with Crippen LogP contribution in [0, 0.1) is 6.92 Å². The SMILES string of the molecule is Cc1ccc(Cl)cc1N1CCN(C(=O)Cn2nc(C3CC3)ccc2=O)CC1. The molecule has 2 fully saturated rings. The monoisotopic (exact) mass is 386 g/mol. The van der Waals surface area contributed by atoms with E-state index in [0.717, 1.165) is 42.3 Å². The van der Waals surface area contributed by atoms with Crippen molar-refractivity contribution >= 4 is 23.2 Å². The number of rotatable bonds is 4. The van der Waals surface area contributed by atoms with Crippen LogP contribution in [0.25, 0.3) is 0 Å². The van der Waals surface area contributed by atoms with Crippen molar-refractivity contribution in [2.75, 3.05) is 31.1 Å². The largest absolute Gasteiger partial charge is 0.368 e. The molecule has 1 amide bonds. The summed E-state index contributed by atoms with van der Waals surface area (Å²) in [5, 5.41) is 5.10. The predicted octanol–water partition coefficient (Wildman–Crippen LogP) is 2.43. The Labute approximate surface area is 163 Å². The summed E-state index contributed by atoms with van der Waals surface area (Å²) in [6.07, 6.45) is 2.23. The molecule has 7 heteroatoms. The van der Waals surface area contributed by atoms with Gasteiger partial charge >= 0.3 is 0 Å². The molecule has 1 saturated heterocycles. The molecule has 1 aliphatic carbocycles. The number of halogens is 1. The minimum Gasteiger partial charge on any atom is -0.368 e. The minimum absolute atomic E-state index is 0.00951. The fourth-order valence-electron chi connectivity index (χ4n) is 3.52. The molecule has 2 aromatic rings. The van der Waals surface area contributed by atoms with Gasteiger partial charge in [0.2, 0.25) is 5.91 Å². The lowest BCUT2D eigenvalue weighted by atomic mass is 10.1. The molecule has 1 aromatic carbocycles. The smallest absolute Gasteiger partial charge is 0.267 e. The van der Waals surface area contributed by atoms with Crippen LogP contribution in [0.2, 0.25) is 5.02 Å². The molecule has 1 aromatic heterocycles. The van der Waals surface area contributed by atoms with Crippen LogP contribution in [-0.2, 0) is 11.3 Å². The molecule has 0 bridgehead atoms. The molecule has 1 aliphatic heterocycles. The summed E-state index contributed by atoms with van der Waals surface area (Å²) in [6.45, 7) is 4.82. The van der Waals surface area contributed by atoms with Crippen molar-refractivity contribution < 1.29 is 4.79 Å². The molecule has 6 nitrogen and oxygen atoms in total. The lowest BCUT2D eigenvalue weighted by Crippen LogP contribution is -2.50. The Morgan fingerprint density at radius 3 is 2.59 bits per heavy atom. The number of nitrogens with zero attached hydrogens (tertiary/aromatic N) is 4. The first kappa shape index (κ1) is 18.0. The van der Waals surface area contributed by atoms with Crippen molar-refractivity contribution in [1.29, 1.82) is 0 Å². The van der Waals surface area contributed by atoms with E-state index in [4.69, 9.17) is 11.6 Å². The average Bonchev–Trinajstić information content (AvgIpc) is 3.51. The highest BCUT2D eigenvalue weighted by atomic mass is 35.5. The fraction of sp³-hybridized carbons (Fsp3) is 0.450. The molecule has 0 radical (unpaired) electrons. The topological polar surface area (TPSA) is 58.4 Å². The maximum atomic E-state index is 12.7. The number of hydrogen-bond acceptors (Lipinski definition) is 4. The Morgan fingerprint density at radius 2 is 1.89 bits per heavy atom. The van der Waals surface area contributed by atoms with E-state index in [1.165, 1.54) is 16.3 Å². The van der Waals surface area contributed by atoms with Crippen LogP contribution in [0.1, 0.15) is 30.0 Å². The Kier molecular flexibility index (Phi) is 4.91. The third-order valence-electron chi connectivity index (χ3n) is 5.31. The normalized spacial score (nSPS) is 17.3. The molecule has 0 atom stereocenters. The number of anilines is 1. The lowest BCUT2D eigenvalue weighted by molar-refractivity contribution is -0.132. The van der Waals surface area contributed by atoms with E-state index in [-0.39, 0.29) is 18.0 Å². The van der Waals surface area contributed by atoms with E-state index < -0.39 is 0 Å². The number of hydrogen-bond donors (Lipinski definition) is 0. The minimum atomic E-state index is -0.221. The first-order valence-corrected chi connectivity index (χ1v) is 9.76. The summed E-state index contributed by atoms with van der Waals surface area (Å²) in [5.74, 6) is 0.399. The summed E-state index contributed by atoms with van der Waals surface area (Å²) in [7, 11) is 0. The Hall–Kier alpha value is -2.34. The number of amides is 1. The number of benzene rings is 1. The molecule has 1 saturated carbocycles.